The highest BCUT2D eigenvalue weighted by Crippen LogP contribution is 2.60. The van der Waals surface area contributed by atoms with Gasteiger partial charge in [-0.05, 0) is 56.8 Å². The van der Waals surface area contributed by atoms with Crippen LogP contribution >= 0.6 is 0 Å². The monoisotopic (exact) mass is 340 g/mol. The second-order valence-electron chi connectivity index (χ2n) is 8.74. The SMILES string of the molecule is CC[C@@H](O)C[C@H]1O[C@@H]2O[C@]3(C)CC[C@H]4[C@H](C)CC[C@@H]([C@H]1C)[C@@]24OO3. The van der Waals surface area contributed by atoms with Crippen LogP contribution in [0.2, 0.25) is 0 Å². The van der Waals surface area contributed by atoms with E-state index in [0.29, 0.717) is 30.1 Å². The molecule has 0 radical (unpaired) electrons. The van der Waals surface area contributed by atoms with Gasteiger partial charge >= 0.3 is 0 Å². The van der Waals surface area contributed by atoms with Crippen molar-refractivity contribution in [3.8, 4) is 0 Å². The molecule has 0 aromatic carbocycles. The van der Waals surface area contributed by atoms with Gasteiger partial charge in [0, 0.05) is 12.3 Å². The summed E-state index contributed by atoms with van der Waals surface area (Å²) in [6, 6.07) is 0. The van der Waals surface area contributed by atoms with E-state index in [4.69, 9.17) is 19.2 Å². The number of hydrogen-bond donors (Lipinski definition) is 1. The predicted octanol–water partition coefficient (Wildman–Crippen LogP) is 3.40. The number of aliphatic hydroxyl groups is 1. The Morgan fingerprint density at radius 1 is 1.12 bits per heavy atom. The Bertz CT molecular complexity index is 484. The maximum absolute atomic E-state index is 10.2. The van der Waals surface area contributed by atoms with Gasteiger partial charge in [0.05, 0.1) is 12.2 Å². The molecule has 9 atom stereocenters. The first-order valence-corrected chi connectivity index (χ1v) is 9.78. The van der Waals surface area contributed by atoms with Crippen LogP contribution in [0.25, 0.3) is 0 Å². The summed E-state index contributed by atoms with van der Waals surface area (Å²) in [4.78, 5) is 11.9. The summed E-state index contributed by atoms with van der Waals surface area (Å²) < 4.78 is 12.8. The fourth-order valence-corrected chi connectivity index (χ4v) is 5.68. The van der Waals surface area contributed by atoms with E-state index in [1.807, 2.05) is 13.8 Å². The van der Waals surface area contributed by atoms with Crippen LogP contribution in [0, 0.1) is 23.7 Å². The molecular formula is C19H32O5. The van der Waals surface area contributed by atoms with Crippen molar-refractivity contribution in [2.45, 2.75) is 96.1 Å². The van der Waals surface area contributed by atoms with E-state index >= 15 is 0 Å². The van der Waals surface area contributed by atoms with Gasteiger partial charge in [-0.2, -0.15) is 0 Å². The number of aliphatic hydroxyl groups excluding tert-OH is 1. The molecule has 1 N–H and O–H groups in total. The van der Waals surface area contributed by atoms with Crippen molar-refractivity contribution >= 4 is 0 Å². The van der Waals surface area contributed by atoms with E-state index in [2.05, 4.69) is 13.8 Å². The minimum Gasteiger partial charge on any atom is -0.393 e. The topological polar surface area (TPSA) is 57.2 Å². The van der Waals surface area contributed by atoms with Gasteiger partial charge in [0.1, 0.15) is 0 Å². The highest BCUT2D eigenvalue weighted by atomic mass is 17.3. The lowest BCUT2D eigenvalue weighted by molar-refractivity contribution is -0.571. The number of fused-ring (bicyclic) bond motifs is 2. The summed E-state index contributed by atoms with van der Waals surface area (Å²) >= 11 is 0. The van der Waals surface area contributed by atoms with E-state index < -0.39 is 11.4 Å². The molecule has 5 heteroatoms. The predicted molar refractivity (Wildman–Crippen MR) is 87.7 cm³/mol. The summed E-state index contributed by atoms with van der Waals surface area (Å²) in [5, 5.41) is 10.2. The van der Waals surface area contributed by atoms with E-state index in [-0.39, 0.29) is 18.5 Å². The maximum atomic E-state index is 10.2. The van der Waals surface area contributed by atoms with Gasteiger partial charge in [0.2, 0.25) is 5.79 Å². The molecule has 5 rings (SSSR count). The van der Waals surface area contributed by atoms with Crippen molar-refractivity contribution in [2.24, 2.45) is 23.7 Å². The van der Waals surface area contributed by atoms with Crippen molar-refractivity contribution in [2.75, 3.05) is 0 Å². The van der Waals surface area contributed by atoms with Crippen LogP contribution in [0.3, 0.4) is 0 Å². The molecule has 1 saturated carbocycles. The van der Waals surface area contributed by atoms with Crippen molar-refractivity contribution in [3.05, 3.63) is 0 Å². The van der Waals surface area contributed by atoms with Crippen LogP contribution in [0.4, 0.5) is 0 Å². The van der Waals surface area contributed by atoms with Crippen LogP contribution in [-0.2, 0) is 19.2 Å². The van der Waals surface area contributed by atoms with E-state index in [9.17, 15) is 5.11 Å². The van der Waals surface area contributed by atoms with Crippen LogP contribution in [0.5, 0.6) is 0 Å². The number of hydrogen-bond acceptors (Lipinski definition) is 5. The average molecular weight is 340 g/mol. The minimum atomic E-state index is -0.716. The zero-order chi connectivity index (χ0) is 17.1. The van der Waals surface area contributed by atoms with Gasteiger partial charge in [0.25, 0.3) is 0 Å². The van der Waals surface area contributed by atoms with Gasteiger partial charge in [-0.15, -0.1) is 0 Å². The van der Waals surface area contributed by atoms with Crippen LogP contribution in [0.15, 0.2) is 0 Å². The molecule has 0 aromatic heterocycles. The Hall–Kier alpha value is -0.200. The van der Waals surface area contributed by atoms with Crippen molar-refractivity contribution in [1.29, 1.82) is 0 Å². The normalized spacial score (nSPS) is 54.9. The van der Waals surface area contributed by atoms with Crippen molar-refractivity contribution in [1.82, 2.24) is 0 Å². The summed E-state index contributed by atoms with van der Waals surface area (Å²) in [6.45, 7) is 8.54. The molecule has 0 amide bonds. The third-order valence-electron chi connectivity index (χ3n) is 7.27. The van der Waals surface area contributed by atoms with Gasteiger partial charge in [-0.3, -0.25) is 0 Å². The summed E-state index contributed by atoms with van der Waals surface area (Å²) in [5.41, 5.74) is -0.485. The minimum absolute atomic E-state index is 0.0150. The molecule has 5 fully saturated rings. The Kier molecular flexibility index (Phi) is 4.25. The quantitative estimate of drug-likeness (QED) is 0.798. The first kappa shape index (κ1) is 17.2. The number of rotatable bonds is 3. The maximum Gasteiger partial charge on any atom is 0.201 e. The molecule has 1 spiro atoms. The third-order valence-corrected chi connectivity index (χ3v) is 7.27. The molecular weight excluding hydrogens is 308 g/mol. The smallest absolute Gasteiger partial charge is 0.201 e. The molecule has 2 bridgehead atoms. The summed E-state index contributed by atoms with van der Waals surface area (Å²) in [6.07, 6.45) is 4.96. The zero-order valence-corrected chi connectivity index (χ0v) is 15.4. The summed E-state index contributed by atoms with van der Waals surface area (Å²) in [5.74, 6) is 0.961. The first-order valence-electron chi connectivity index (χ1n) is 9.78. The molecule has 0 aromatic rings. The molecule has 4 aliphatic heterocycles. The highest BCUT2D eigenvalue weighted by Gasteiger charge is 2.69. The molecule has 1 aliphatic carbocycles. The number of ether oxygens (including phenoxy) is 2. The van der Waals surface area contributed by atoms with Crippen molar-refractivity contribution < 1.29 is 24.4 Å². The Morgan fingerprint density at radius 3 is 2.67 bits per heavy atom. The van der Waals surface area contributed by atoms with E-state index in [1.165, 1.54) is 6.42 Å². The zero-order valence-electron chi connectivity index (χ0n) is 15.4. The third kappa shape index (κ3) is 2.39. The fraction of sp³-hybridized carbons (Fsp3) is 1.00. The van der Waals surface area contributed by atoms with E-state index in [0.717, 1.165) is 25.7 Å². The van der Waals surface area contributed by atoms with Gasteiger partial charge in [-0.1, -0.05) is 20.8 Å². The first-order chi connectivity index (χ1) is 11.4. The van der Waals surface area contributed by atoms with Crippen LogP contribution in [0.1, 0.15) is 66.2 Å². The molecule has 4 saturated heterocycles. The Labute approximate surface area is 144 Å². The fourth-order valence-electron chi connectivity index (χ4n) is 5.68. The Balaban J connectivity index is 1.69. The standard InChI is InChI=1S/C19H32O5/c1-5-13(20)10-16-12(3)15-7-6-11(2)14-8-9-18(4)22-17(21-16)19(14,15)24-23-18/h11-17,20H,5-10H2,1-4H3/t11-,12-,13-,14+,15+,16-,17-,18+,19-/m1/s1. The Morgan fingerprint density at radius 2 is 1.92 bits per heavy atom. The van der Waals surface area contributed by atoms with Crippen LogP contribution < -0.4 is 0 Å². The lowest BCUT2D eigenvalue weighted by atomic mass is 9.57. The molecule has 5 nitrogen and oxygen atoms in total. The highest BCUT2D eigenvalue weighted by molar-refractivity contribution is 5.09. The molecule has 0 unspecified atom stereocenters. The lowest BCUT2D eigenvalue weighted by Crippen LogP contribution is -2.70. The molecule has 4 heterocycles. The molecule has 5 aliphatic rings. The molecule has 24 heavy (non-hydrogen) atoms. The average Bonchev–Trinajstić information content (AvgIpc) is 2.78. The van der Waals surface area contributed by atoms with Crippen molar-refractivity contribution in [3.63, 3.8) is 0 Å². The molecule has 138 valence electrons. The van der Waals surface area contributed by atoms with Gasteiger partial charge < -0.3 is 14.6 Å². The second-order valence-corrected chi connectivity index (χ2v) is 8.74. The summed E-state index contributed by atoms with van der Waals surface area (Å²) in [7, 11) is 0. The van der Waals surface area contributed by atoms with E-state index in [1.54, 1.807) is 0 Å². The van der Waals surface area contributed by atoms with Gasteiger partial charge in [-0.25, -0.2) is 9.78 Å². The van der Waals surface area contributed by atoms with Gasteiger partial charge in [0.15, 0.2) is 11.9 Å². The lowest BCUT2D eigenvalue weighted by Gasteiger charge is -2.60. The second kappa shape index (κ2) is 5.92. The van der Waals surface area contributed by atoms with Crippen LogP contribution in [-0.4, -0.2) is 35.0 Å². The largest absolute Gasteiger partial charge is 0.393 e.